The van der Waals surface area contributed by atoms with E-state index in [2.05, 4.69) is 79.1 Å². The molecule has 2 aromatic rings. The van der Waals surface area contributed by atoms with Crippen molar-refractivity contribution in [2.45, 2.75) is 244 Å². The molecule has 14 atom stereocenters. The van der Waals surface area contributed by atoms with Crippen molar-refractivity contribution in [3.05, 3.63) is 99.2 Å². The van der Waals surface area contributed by atoms with Gasteiger partial charge in [-0.25, -0.2) is 14.4 Å². The first-order chi connectivity index (χ1) is 46.8. The van der Waals surface area contributed by atoms with E-state index in [0.717, 1.165) is 12.8 Å². The number of carbonyl (C=O) groups excluding carboxylic acids is 5. The molecule has 2 saturated heterocycles. The third-order valence-electron chi connectivity index (χ3n) is 22.3. The molecule has 1 saturated carbocycles. The lowest BCUT2D eigenvalue weighted by molar-refractivity contribution is -0.302. The lowest BCUT2D eigenvalue weighted by Crippen LogP contribution is -2.64. The fourth-order valence-corrected chi connectivity index (χ4v) is 17.3. The maximum atomic E-state index is 15.7. The number of nitrogens with one attached hydrogen (secondary N) is 1. The van der Waals surface area contributed by atoms with Gasteiger partial charge in [0.1, 0.15) is 35.3 Å². The second-order valence-corrected chi connectivity index (χ2v) is 41.2. The number of hydrogen-bond donors (Lipinski definition) is 4. The number of aliphatic hydroxyl groups is 1. The van der Waals surface area contributed by atoms with E-state index in [9.17, 15) is 39.3 Å². The van der Waals surface area contributed by atoms with Crippen LogP contribution >= 0.6 is 0 Å². The number of esters is 1. The van der Waals surface area contributed by atoms with Crippen LogP contribution in [0.1, 0.15) is 163 Å². The number of amides is 2. The number of cyclic esters (lactones) is 1. The summed E-state index contributed by atoms with van der Waals surface area (Å²) in [5, 5.41) is 37.0. The number of allylic oxidation sites excluding steroid dienone is 2. The second kappa shape index (κ2) is 32.5. The lowest BCUT2D eigenvalue weighted by atomic mass is 9.81. The Balaban J connectivity index is 1.17. The number of aromatic carboxylic acids is 1. The summed E-state index contributed by atoms with van der Waals surface area (Å²) in [6.45, 7) is 30.5. The molecule has 4 unspecified atom stereocenters. The highest BCUT2D eigenvalue weighted by atomic mass is 28.4. The number of ether oxygens (including phenoxy) is 6. The van der Waals surface area contributed by atoms with Crippen molar-refractivity contribution in [2.75, 3.05) is 34.5 Å². The Kier molecular flexibility index (Phi) is 25.8. The Bertz CT molecular complexity index is 3700. The molecule has 6 aliphatic rings. The zero-order valence-corrected chi connectivity index (χ0v) is 64.1. The maximum absolute atomic E-state index is 15.7. The normalized spacial score (nSPS) is 28.6. The molecule has 0 radical (unpaired) electrons. The molecule has 8 rings (SSSR count). The fourth-order valence-electron chi connectivity index (χ4n) is 14.5. The number of piperidine rings is 1. The minimum atomic E-state index is -2.81. The van der Waals surface area contributed by atoms with Crippen LogP contribution in [0.5, 0.6) is 5.75 Å². The van der Waals surface area contributed by atoms with Gasteiger partial charge in [-0.05, 0) is 166 Å². The summed E-state index contributed by atoms with van der Waals surface area (Å²) in [4.78, 5) is 101. The predicted octanol–water partition coefficient (Wildman–Crippen LogP) is 13.7. The van der Waals surface area contributed by atoms with Crippen LogP contribution in [0.25, 0.3) is 33.4 Å². The Morgan fingerprint density at radius 3 is 2.07 bits per heavy atom. The van der Waals surface area contributed by atoms with Crippen LogP contribution in [0.15, 0.2) is 87.1 Å². The second-order valence-electron chi connectivity index (χ2n) is 31.6. The number of Topliss-reactive ketones (excluding diaryl/α,β-unsaturated/α-hetero) is 2. The zero-order chi connectivity index (χ0) is 73.7. The molecular weight excluding hydrogens is 1310 g/mol. The van der Waals surface area contributed by atoms with E-state index in [1.54, 1.807) is 44.4 Å². The molecular formula is C77H110N2O19Si2. The Morgan fingerprint density at radius 1 is 0.770 bits per heavy atom. The highest BCUT2D eigenvalue weighted by molar-refractivity contribution is 6.74. The molecule has 21 nitrogen and oxygen atoms in total. The molecule has 23 heteroatoms. The van der Waals surface area contributed by atoms with Gasteiger partial charge >= 0.3 is 18.0 Å². The van der Waals surface area contributed by atoms with Crippen molar-refractivity contribution in [1.29, 1.82) is 0 Å². The number of hydrogen-bond acceptors (Lipinski definition) is 18. The summed E-state index contributed by atoms with van der Waals surface area (Å²) in [6.07, 6.45) is 2.50. The molecule has 0 aromatic heterocycles. The number of rotatable bonds is 16. The standard InChI is InChI=1S/C77H110N2O19Si2/c1-44-35-45(2)37-64(91-13)69-65(92-14)39-47(4)77(89,96-69)70(83)71(84)79-33-22-21-25-57(79)73(87)95-67(46(3)38-49-26-31-60(63(40-49)90-12)97-99(15,16)75(6,7)8)48(5)61(98-100(17,18)76(9,10)11)42-59(82)50(36-44)32-34-93-74(88)78-43-56-58(81)30-29-55-66(52-23-19-20-24-53(52)72(85)86)54-28-27-51(80)41-62(54)94-68(55)56/h19-20,23-24,27-30,36,38,41,44-45,47-49,57,60-61,63-65,67,69,81,89H,21-22,25-26,31-35,37,39-40,42-43H2,1-18H3,(H,78,88)(H,85,86)/t44?,45-,47+,48+,49?,57?,60+,61-,63+,64-,65-,67?,69+,77+/m0/s1. The van der Waals surface area contributed by atoms with Crippen LogP contribution in [-0.2, 0) is 63.0 Å². The van der Waals surface area contributed by atoms with E-state index in [-0.39, 0.29) is 125 Å². The highest BCUT2D eigenvalue weighted by Gasteiger charge is 2.57. The van der Waals surface area contributed by atoms with Gasteiger partial charge in [0.05, 0.1) is 54.8 Å². The van der Waals surface area contributed by atoms with Gasteiger partial charge in [-0.2, -0.15) is 0 Å². The molecule has 3 fully saturated rings. The third kappa shape index (κ3) is 18.0. The first-order valence-electron chi connectivity index (χ1n) is 35.6. The van der Waals surface area contributed by atoms with Gasteiger partial charge in [0, 0.05) is 75.1 Å². The first kappa shape index (κ1) is 79.3. The van der Waals surface area contributed by atoms with Gasteiger partial charge in [0.25, 0.3) is 11.7 Å². The molecule has 2 aromatic carbocycles. The van der Waals surface area contributed by atoms with Gasteiger partial charge in [-0.15, -0.1) is 0 Å². The first-order valence-corrected chi connectivity index (χ1v) is 41.4. The predicted molar refractivity (Wildman–Crippen MR) is 386 cm³/mol. The third-order valence-corrected chi connectivity index (χ3v) is 31.3. The molecule has 4 N–H and O–H groups in total. The number of alkyl carbamates (subject to hydrolysis) is 1. The van der Waals surface area contributed by atoms with Gasteiger partial charge in [-0.1, -0.05) is 99.6 Å². The van der Waals surface area contributed by atoms with Crippen molar-refractivity contribution < 1.29 is 85.8 Å². The Hall–Kier alpha value is -6.42. The average Bonchev–Trinajstić information content (AvgIpc) is 0.745. The number of benzene rings is 3. The number of ketones is 2. The molecule has 2 bridgehead atoms. The fraction of sp³-hybridized carbons (Fsp3) is 0.623. The van der Waals surface area contributed by atoms with E-state index in [1.165, 1.54) is 43.4 Å². The Labute approximate surface area is 592 Å². The van der Waals surface area contributed by atoms with E-state index in [1.807, 2.05) is 33.8 Å². The molecule has 2 aliphatic carbocycles. The number of phenols is 1. The number of carboxylic acid groups (broad SMARTS) is 1. The lowest BCUT2D eigenvalue weighted by Gasteiger charge is -2.47. The van der Waals surface area contributed by atoms with Crippen LogP contribution < -0.4 is 10.7 Å². The van der Waals surface area contributed by atoms with Crippen LogP contribution in [-0.4, -0.2) is 161 Å². The minimum Gasteiger partial charge on any atom is -0.507 e. The van der Waals surface area contributed by atoms with Crippen molar-refractivity contribution in [2.24, 2.45) is 29.6 Å². The summed E-state index contributed by atoms with van der Waals surface area (Å²) >= 11 is 0. The molecule has 100 heavy (non-hydrogen) atoms. The van der Waals surface area contributed by atoms with E-state index >= 15 is 9.59 Å². The number of fused-ring (bicyclic) bond motifs is 5. The summed E-state index contributed by atoms with van der Waals surface area (Å²) < 4.78 is 58.2. The number of carboxylic acids is 1. The molecule has 0 spiro atoms. The van der Waals surface area contributed by atoms with Crippen LogP contribution in [0.2, 0.25) is 36.3 Å². The summed E-state index contributed by atoms with van der Waals surface area (Å²) in [5.41, 5.74) is 2.12. The monoisotopic (exact) mass is 1420 g/mol. The number of phenolic OH excluding ortho intramolecular Hbond substituents is 1. The van der Waals surface area contributed by atoms with Gasteiger partial charge < -0.3 is 67.2 Å². The summed E-state index contributed by atoms with van der Waals surface area (Å²) in [6, 6.07) is 12.4. The largest absolute Gasteiger partial charge is 0.507 e. The summed E-state index contributed by atoms with van der Waals surface area (Å²) in [7, 11) is -0.282. The average molecular weight is 1420 g/mol. The van der Waals surface area contributed by atoms with Crippen LogP contribution in [0, 0.1) is 29.6 Å². The summed E-state index contributed by atoms with van der Waals surface area (Å²) in [5.74, 6) is -9.33. The zero-order valence-electron chi connectivity index (χ0n) is 62.1. The van der Waals surface area contributed by atoms with Crippen molar-refractivity contribution in [1.82, 2.24) is 10.2 Å². The van der Waals surface area contributed by atoms with Gasteiger partial charge in [0.2, 0.25) is 5.79 Å². The van der Waals surface area contributed by atoms with Gasteiger partial charge in [-0.3, -0.25) is 19.2 Å². The number of aromatic hydroxyl groups is 1. The number of nitrogens with zero attached hydrogens (tertiary/aromatic N) is 1. The Morgan fingerprint density at radius 2 is 1.42 bits per heavy atom. The highest BCUT2D eigenvalue weighted by Crippen LogP contribution is 2.47. The van der Waals surface area contributed by atoms with Crippen molar-refractivity contribution in [3.63, 3.8) is 0 Å². The minimum absolute atomic E-state index is 0.00631. The van der Waals surface area contributed by atoms with E-state index in [4.69, 9.17) is 41.7 Å². The van der Waals surface area contributed by atoms with E-state index in [0.29, 0.717) is 65.3 Å². The SMILES string of the molecule is CO[C@H]1C[C@@H](C)CC(C)C=C(CCOC(=O)NCc2c(O)ccc3c(-c4ccccc4C(=O)O)c4ccc(=O)cc-4oc23)C(=O)C[C@H](O[Si](C)(C)C(C)(C)C)[C@@H](C)C(C(C)=CC2CC[C@@H](O[Si](C)(C)C(C)(C)C)[C@H](OC)C2)OC(=O)C2CCCCN2C(=O)C(=O)[C@]2(O)O[C@H]1[C@@H](OC)C[C@H]2C. The maximum Gasteiger partial charge on any atom is 0.407 e. The van der Waals surface area contributed by atoms with Crippen molar-refractivity contribution in [3.8, 4) is 28.2 Å². The topological polar surface area (TPSA) is 282 Å². The number of carbonyl (C=O) groups is 6. The molecule has 4 heterocycles. The van der Waals surface area contributed by atoms with Crippen molar-refractivity contribution >= 4 is 63.1 Å². The number of methoxy groups -OCH3 is 3. The van der Waals surface area contributed by atoms with Crippen LogP contribution in [0.3, 0.4) is 0 Å². The molecule has 550 valence electrons. The quantitative estimate of drug-likeness (QED) is 0.0267. The van der Waals surface area contributed by atoms with Crippen LogP contribution in [0.4, 0.5) is 4.79 Å². The molecule has 4 aliphatic heterocycles. The molecule has 2 amide bonds. The van der Waals surface area contributed by atoms with E-state index < -0.39 is 101 Å². The smallest absolute Gasteiger partial charge is 0.407 e. The van der Waals surface area contributed by atoms with Gasteiger partial charge in [0.15, 0.2) is 27.8 Å².